The molecule has 0 bridgehead atoms. The minimum Gasteiger partial charge on any atom is -0.274 e. The third-order valence-electron chi connectivity index (χ3n) is 3.70. The summed E-state index contributed by atoms with van der Waals surface area (Å²) in [5.74, 6) is -0.235. The Morgan fingerprint density at radius 2 is 2.00 bits per heavy atom. The zero-order valence-corrected chi connectivity index (χ0v) is 12.0. The fraction of sp³-hybridized carbons (Fsp3) is 0.462. The lowest BCUT2D eigenvalue weighted by molar-refractivity contribution is -0.126. The third kappa shape index (κ3) is 1.96. The minimum absolute atomic E-state index is 0.0996. The van der Waals surface area contributed by atoms with E-state index < -0.39 is 5.41 Å². The van der Waals surface area contributed by atoms with Crippen molar-refractivity contribution in [2.45, 2.75) is 33.1 Å². The van der Waals surface area contributed by atoms with Crippen LogP contribution in [0, 0.1) is 5.41 Å². The molecule has 4 nitrogen and oxygen atoms in total. The first kappa shape index (κ1) is 13.2. The van der Waals surface area contributed by atoms with Gasteiger partial charge in [0.1, 0.15) is 0 Å². The molecule has 18 heavy (non-hydrogen) atoms. The lowest BCUT2D eigenvalue weighted by Gasteiger charge is -2.23. The predicted octanol–water partition coefficient (Wildman–Crippen LogP) is 2.91. The number of aromatic nitrogens is 1. The van der Waals surface area contributed by atoms with Crippen LogP contribution in [0.3, 0.4) is 0 Å². The molecule has 0 unspecified atom stereocenters. The Labute approximate surface area is 115 Å². The summed E-state index contributed by atoms with van der Waals surface area (Å²) < 4.78 is 0.756. The molecule has 1 fully saturated rings. The maximum atomic E-state index is 12.5. The van der Waals surface area contributed by atoms with Crippen molar-refractivity contribution in [3.8, 4) is 0 Å². The summed E-state index contributed by atoms with van der Waals surface area (Å²) in [5.41, 5.74) is 0.0162. The van der Waals surface area contributed by atoms with E-state index in [4.69, 9.17) is 0 Å². The Morgan fingerprint density at radius 3 is 2.50 bits per heavy atom. The van der Waals surface area contributed by atoms with Gasteiger partial charge in [-0.05, 0) is 34.8 Å². The molecule has 0 aromatic carbocycles. The largest absolute Gasteiger partial charge is 0.274 e. The fourth-order valence-corrected chi connectivity index (χ4v) is 2.73. The van der Waals surface area contributed by atoms with Gasteiger partial charge in [0.25, 0.3) is 0 Å². The molecule has 2 rings (SSSR count). The molecule has 1 aromatic rings. The van der Waals surface area contributed by atoms with Crippen LogP contribution in [0.5, 0.6) is 0 Å². The maximum absolute atomic E-state index is 12.5. The van der Waals surface area contributed by atoms with Crippen molar-refractivity contribution in [3.63, 3.8) is 0 Å². The zero-order valence-electron chi connectivity index (χ0n) is 10.4. The summed E-state index contributed by atoms with van der Waals surface area (Å²) in [6, 6.07) is 1.74. The molecule has 0 aliphatic carbocycles. The smallest absolute Gasteiger partial charge is 0.240 e. The molecule has 1 aromatic heterocycles. The average molecular weight is 311 g/mol. The first-order valence-electron chi connectivity index (χ1n) is 6.02. The van der Waals surface area contributed by atoms with Crippen LogP contribution >= 0.6 is 15.9 Å². The highest BCUT2D eigenvalue weighted by Crippen LogP contribution is 2.41. The number of amides is 2. The Kier molecular flexibility index (Phi) is 3.52. The van der Waals surface area contributed by atoms with Crippen LogP contribution in [0.4, 0.5) is 5.69 Å². The van der Waals surface area contributed by atoms with E-state index >= 15 is 0 Å². The number of hydrogen-bond acceptors (Lipinski definition) is 3. The molecular formula is C13H15BrN2O2. The van der Waals surface area contributed by atoms with E-state index in [0.717, 1.165) is 4.47 Å². The second kappa shape index (κ2) is 4.80. The quantitative estimate of drug-likeness (QED) is 0.807. The normalized spacial score (nSPS) is 18.5. The van der Waals surface area contributed by atoms with E-state index in [1.807, 2.05) is 13.8 Å². The van der Waals surface area contributed by atoms with E-state index in [0.29, 0.717) is 24.9 Å². The number of halogens is 1. The molecule has 5 heteroatoms. The molecule has 1 aliphatic rings. The van der Waals surface area contributed by atoms with Crippen LogP contribution in [0.2, 0.25) is 0 Å². The van der Waals surface area contributed by atoms with Gasteiger partial charge >= 0.3 is 0 Å². The first-order chi connectivity index (χ1) is 8.54. The van der Waals surface area contributed by atoms with Crippen LogP contribution < -0.4 is 4.90 Å². The molecule has 96 valence electrons. The molecule has 0 radical (unpaired) electrons. The van der Waals surface area contributed by atoms with Crippen molar-refractivity contribution in [2.75, 3.05) is 4.90 Å². The predicted molar refractivity (Wildman–Crippen MR) is 72.1 cm³/mol. The molecule has 0 spiro atoms. The Hall–Kier alpha value is -1.23. The van der Waals surface area contributed by atoms with E-state index in [2.05, 4.69) is 20.9 Å². The highest BCUT2D eigenvalue weighted by atomic mass is 79.9. The van der Waals surface area contributed by atoms with Gasteiger partial charge in [0.2, 0.25) is 11.8 Å². The summed E-state index contributed by atoms with van der Waals surface area (Å²) in [5, 5.41) is 0. The van der Waals surface area contributed by atoms with Crippen molar-refractivity contribution >= 4 is 33.4 Å². The monoisotopic (exact) mass is 310 g/mol. The van der Waals surface area contributed by atoms with Crippen LogP contribution in [0.15, 0.2) is 22.9 Å². The molecule has 1 saturated heterocycles. The van der Waals surface area contributed by atoms with Crippen LogP contribution in [0.25, 0.3) is 0 Å². The fourth-order valence-electron chi connectivity index (χ4n) is 2.38. The SMILES string of the molecule is CCC1(CC)CC(=O)N(c2cncc(Br)c2)C1=O. The van der Waals surface area contributed by atoms with Gasteiger partial charge in [0.15, 0.2) is 0 Å². The average Bonchev–Trinajstić information content (AvgIpc) is 2.61. The molecule has 0 saturated carbocycles. The van der Waals surface area contributed by atoms with Crippen LogP contribution in [0.1, 0.15) is 33.1 Å². The topological polar surface area (TPSA) is 50.3 Å². The highest BCUT2D eigenvalue weighted by molar-refractivity contribution is 9.10. The number of nitrogens with zero attached hydrogens (tertiary/aromatic N) is 2. The standard InChI is InChI=1S/C13H15BrN2O2/c1-3-13(4-2)6-11(17)16(12(13)18)10-5-9(14)7-15-8-10/h5,7-8H,3-4,6H2,1-2H3. The molecule has 2 heterocycles. The number of carbonyl (C=O) groups excluding carboxylic acids is 2. The second-order valence-electron chi connectivity index (χ2n) is 4.56. The first-order valence-corrected chi connectivity index (χ1v) is 6.81. The number of hydrogen-bond donors (Lipinski definition) is 0. The van der Waals surface area contributed by atoms with Gasteiger partial charge < -0.3 is 0 Å². The van der Waals surface area contributed by atoms with Gasteiger partial charge in [-0.2, -0.15) is 0 Å². The van der Waals surface area contributed by atoms with Gasteiger partial charge in [-0.1, -0.05) is 13.8 Å². The van der Waals surface area contributed by atoms with Crippen LogP contribution in [-0.4, -0.2) is 16.8 Å². The summed E-state index contributed by atoms with van der Waals surface area (Å²) in [4.78, 5) is 29.8. The number of rotatable bonds is 3. The molecule has 0 N–H and O–H groups in total. The Bertz CT molecular complexity index is 498. The summed E-state index contributed by atoms with van der Waals surface area (Å²) >= 11 is 3.30. The second-order valence-corrected chi connectivity index (χ2v) is 5.48. The lowest BCUT2D eigenvalue weighted by atomic mass is 9.81. The number of carbonyl (C=O) groups is 2. The Balaban J connectivity index is 2.41. The van der Waals surface area contributed by atoms with Crippen molar-refractivity contribution in [3.05, 3.63) is 22.9 Å². The van der Waals surface area contributed by atoms with Gasteiger partial charge in [0.05, 0.1) is 17.3 Å². The van der Waals surface area contributed by atoms with Crippen LogP contribution in [-0.2, 0) is 9.59 Å². The molecule has 1 aliphatic heterocycles. The maximum Gasteiger partial charge on any atom is 0.240 e. The lowest BCUT2D eigenvalue weighted by Crippen LogP contribution is -2.35. The minimum atomic E-state index is -0.528. The van der Waals surface area contributed by atoms with Crippen molar-refractivity contribution in [1.82, 2.24) is 4.98 Å². The van der Waals surface area contributed by atoms with Crippen molar-refractivity contribution < 1.29 is 9.59 Å². The van der Waals surface area contributed by atoms with E-state index in [1.165, 1.54) is 4.90 Å². The van der Waals surface area contributed by atoms with E-state index in [1.54, 1.807) is 18.5 Å². The molecular weight excluding hydrogens is 296 g/mol. The van der Waals surface area contributed by atoms with Crippen molar-refractivity contribution in [2.24, 2.45) is 5.41 Å². The third-order valence-corrected chi connectivity index (χ3v) is 4.13. The highest BCUT2D eigenvalue weighted by Gasteiger charge is 2.49. The number of imide groups is 1. The number of pyridine rings is 1. The van der Waals surface area contributed by atoms with Gasteiger partial charge in [-0.3, -0.25) is 14.6 Å². The van der Waals surface area contributed by atoms with E-state index in [-0.39, 0.29) is 11.8 Å². The zero-order chi connectivity index (χ0) is 13.3. The van der Waals surface area contributed by atoms with Gasteiger partial charge in [0, 0.05) is 17.1 Å². The van der Waals surface area contributed by atoms with Gasteiger partial charge in [-0.15, -0.1) is 0 Å². The van der Waals surface area contributed by atoms with Gasteiger partial charge in [-0.25, -0.2) is 4.90 Å². The molecule has 2 amide bonds. The summed E-state index contributed by atoms with van der Waals surface area (Å²) in [6.45, 7) is 3.91. The van der Waals surface area contributed by atoms with E-state index in [9.17, 15) is 9.59 Å². The van der Waals surface area contributed by atoms with Crippen molar-refractivity contribution in [1.29, 1.82) is 0 Å². The summed E-state index contributed by atoms with van der Waals surface area (Å²) in [7, 11) is 0. The molecule has 0 atom stereocenters. The summed E-state index contributed by atoms with van der Waals surface area (Å²) in [6.07, 6.45) is 4.84. The number of anilines is 1. The Morgan fingerprint density at radius 1 is 1.33 bits per heavy atom.